The van der Waals surface area contributed by atoms with Gasteiger partial charge in [-0.3, -0.25) is 4.79 Å². The molecule has 1 aliphatic heterocycles. The summed E-state index contributed by atoms with van der Waals surface area (Å²) in [4.78, 5) is 21.1. The first-order valence-corrected chi connectivity index (χ1v) is 8.28. The molecule has 0 bridgehead atoms. The number of amides is 1. The van der Waals surface area contributed by atoms with Crippen molar-refractivity contribution in [2.24, 2.45) is 0 Å². The van der Waals surface area contributed by atoms with Crippen molar-refractivity contribution in [1.29, 1.82) is 5.26 Å². The lowest BCUT2D eigenvalue weighted by molar-refractivity contribution is 0.0743. The molecule has 0 spiro atoms. The topological polar surface area (TPSA) is 78.7 Å². The third-order valence-electron chi connectivity index (χ3n) is 4.41. The number of hydrogen-bond donors (Lipinski definition) is 0. The molecular formula is C19H20N4O3. The van der Waals surface area contributed by atoms with Crippen LogP contribution in [-0.4, -0.2) is 56.2 Å². The number of hydrogen-bond acceptors (Lipinski definition) is 6. The van der Waals surface area contributed by atoms with Gasteiger partial charge in [0.1, 0.15) is 23.4 Å². The highest BCUT2D eigenvalue weighted by atomic mass is 16.5. The minimum absolute atomic E-state index is 0.0584. The average Bonchev–Trinajstić information content (AvgIpc) is 2.73. The van der Waals surface area contributed by atoms with Crippen LogP contribution in [0, 0.1) is 11.3 Å². The maximum absolute atomic E-state index is 12.8. The van der Waals surface area contributed by atoms with E-state index in [9.17, 15) is 4.79 Å². The van der Waals surface area contributed by atoms with Crippen molar-refractivity contribution in [1.82, 2.24) is 9.88 Å². The molecule has 0 unspecified atom stereocenters. The lowest BCUT2D eigenvalue weighted by Gasteiger charge is -2.35. The van der Waals surface area contributed by atoms with Crippen LogP contribution in [0.25, 0.3) is 0 Å². The van der Waals surface area contributed by atoms with E-state index in [1.165, 1.54) is 0 Å². The van der Waals surface area contributed by atoms with Crippen LogP contribution in [0.5, 0.6) is 11.5 Å². The Morgan fingerprint density at radius 2 is 1.88 bits per heavy atom. The lowest BCUT2D eigenvalue weighted by atomic mass is 10.1. The Kier molecular flexibility index (Phi) is 5.23. The van der Waals surface area contributed by atoms with E-state index in [4.69, 9.17) is 14.7 Å². The van der Waals surface area contributed by atoms with Gasteiger partial charge in [-0.2, -0.15) is 5.26 Å². The van der Waals surface area contributed by atoms with Crippen molar-refractivity contribution in [2.45, 2.75) is 0 Å². The number of piperazine rings is 1. The number of anilines is 1. The summed E-state index contributed by atoms with van der Waals surface area (Å²) >= 11 is 0. The molecule has 1 saturated heterocycles. The van der Waals surface area contributed by atoms with E-state index in [-0.39, 0.29) is 5.91 Å². The van der Waals surface area contributed by atoms with E-state index in [1.54, 1.807) is 44.7 Å². The average molecular weight is 352 g/mol. The standard InChI is InChI=1S/C19H20N4O3/c1-25-15-4-5-16(17(11-15)26-2)19(24)23-9-7-22(8-10-23)18-6-3-14(12-20)13-21-18/h3-6,11,13H,7-10H2,1-2H3. The summed E-state index contributed by atoms with van der Waals surface area (Å²) < 4.78 is 10.5. The molecule has 134 valence electrons. The minimum Gasteiger partial charge on any atom is -0.497 e. The fourth-order valence-electron chi connectivity index (χ4n) is 2.92. The number of nitrogens with zero attached hydrogens (tertiary/aromatic N) is 4. The highest BCUT2D eigenvalue weighted by Crippen LogP contribution is 2.26. The molecule has 1 aliphatic rings. The number of ether oxygens (including phenoxy) is 2. The van der Waals surface area contributed by atoms with Gasteiger partial charge in [-0.15, -0.1) is 0 Å². The second-order valence-corrected chi connectivity index (χ2v) is 5.86. The third-order valence-corrected chi connectivity index (χ3v) is 4.41. The molecule has 0 N–H and O–H groups in total. The van der Waals surface area contributed by atoms with E-state index < -0.39 is 0 Å². The Morgan fingerprint density at radius 1 is 1.12 bits per heavy atom. The van der Waals surface area contributed by atoms with Crippen LogP contribution in [-0.2, 0) is 0 Å². The van der Waals surface area contributed by atoms with E-state index in [1.807, 2.05) is 11.0 Å². The summed E-state index contributed by atoms with van der Waals surface area (Å²) in [5.41, 5.74) is 1.06. The number of aromatic nitrogens is 1. The van der Waals surface area contributed by atoms with Gasteiger partial charge in [-0.1, -0.05) is 0 Å². The summed E-state index contributed by atoms with van der Waals surface area (Å²) in [7, 11) is 3.12. The number of nitriles is 1. The summed E-state index contributed by atoms with van der Waals surface area (Å²) in [5.74, 6) is 1.91. The number of methoxy groups -OCH3 is 2. The summed E-state index contributed by atoms with van der Waals surface area (Å²) in [6, 6.07) is 10.8. The monoisotopic (exact) mass is 352 g/mol. The van der Waals surface area contributed by atoms with Crippen LogP contribution in [0.3, 0.4) is 0 Å². The molecule has 7 nitrogen and oxygen atoms in total. The predicted octanol–water partition coefficient (Wildman–Crippen LogP) is 1.93. The van der Waals surface area contributed by atoms with Crippen LogP contribution in [0.2, 0.25) is 0 Å². The Hall–Kier alpha value is -3.27. The van der Waals surface area contributed by atoms with E-state index in [2.05, 4.69) is 16.0 Å². The van der Waals surface area contributed by atoms with E-state index in [0.29, 0.717) is 48.8 Å². The quantitative estimate of drug-likeness (QED) is 0.837. The first-order chi connectivity index (χ1) is 12.7. The van der Waals surface area contributed by atoms with Gasteiger partial charge in [-0.25, -0.2) is 4.98 Å². The summed E-state index contributed by atoms with van der Waals surface area (Å²) in [6.07, 6.45) is 1.56. The SMILES string of the molecule is COc1ccc(C(=O)N2CCN(c3ccc(C#N)cn3)CC2)c(OC)c1. The molecule has 1 aromatic heterocycles. The van der Waals surface area contributed by atoms with Gasteiger partial charge >= 0.3 is 0 Å². The van der Waals surface area contributed by atoms with Crippen molar-refractivity contribution in [3.05, 3.63) is 47.7 Å². The Bertz CT molecular complexity index is 822. The summed E-state index contributed by atoms with van der Waals surface area (Å²) in [5, 5.41) is 8.85. The molecule has 3 rings (SSSR count). The molecule has 2 heterocycles. The third kappa shape index (κ3) is 3.54. The van der Waals surface area contributed by atoms with Crippen molar-refractivity contribution in [3.63, 3.8) is 0 Å². The Morgan fingerprint density at radius 3 is 2.46 bits per heavy atom. The van der Waals surface area contributed by atoms with Crippen molar-refractivity contribution < 1.29 is 14.3 Å². The van der Waals surface area contributed by atoms with Gasteiger partial charge < -0.3 is 19.3 Å². The molecule has 7 heteroatoms. The zero-order valence-corrected chi connectivity index (χ0v) is 14.8. The van der Waals surface area contributed by atoms with Gasteiger partial charge in [0.15, 0.2) is 0 Å². The minimum atomic E-state index is -0.0584. The van der Waals surface area contributed by atoms with Crippen molar-refractivity contribution in [3.8, 4) is 17.6 Å². The van der Waals surface area contributed by atoms with Crippen molar-refractivity contribution in [2.75, 3.05) is 45.3 Å². The first-order valence-electron chi connectivity index (χ1n) is 8.28. The number of carbonyl (C=O) groups is 1. The Balaban J connectivity index is 1.67. The van der Waals surface area contributed by atoms with Crippen LogP contribution in [0.1, 0.15) is 15.9 Å². The van der Waals surface area contributed by atoms with Crippen LogP contribution in [0.4, 0.5) is 5.82 Å². The smallest absolute Gasteiger partial charge is 0.257 e. The zero-order valence-electron chi connectivity index (χ0n) is 14.8. The lowest BCUT2D eigenvalue weighted by Crippen LogP contribution is -2.49. The van der Waals surface area contributed by atoms with Gasteiger partial charge in [0, 0.05) is 38.4 Å². The molecule has 2 aromatic rings. The molecule has 1 fully saturated rings. The number of benzene rings is 1. The maximum atomic E-state index is 12.8. The van der Waals surface area contributed by atoms with E-state index in [0.717, 1.165) is 5.82 Å². The highest BCUT2D eigenvalue weighted by Gasteiger charge is 2.25. The molecule has 0 atom stereocenters. The second kappa shape index (κ2) is 7.74. The fourth-order valence-corrected chi connectivity index (χ4v) is 2.92. The van der Waals surface area contributed by atoms with Gasteiger partial charge in [-0.05, 0) is 24.3 Å². The molecule has 0 saturated carbocycles. The largest absolute Gasteiger partial charge is 0.497 e. The molecule has 1 amide bonds. The normalized spacial score (nSPS) is 13.9. The second-order valence-electron chi connectivity index (χ2n) is 5.86. The van der Waals surface area contributed by atoms with Crippen LogP contribution in [0.15, 0.2) is 36.5 Å². The molecule has 26 heavy (non-hydrogen) atoms. The highest BCUT2D eigenvalue weighted by molar-refractivity contribution is 5.97. The van der Waals surface area contributed by atoms with Crippen molar-refractivity contribution >= 4 is 11.7 Å². The molecular weight excluding hydrogens is 332 g/mol. The maximum Gasteiger partial charge on any atom is 0.257 e. The Labute approximate surface area is 152 Å². The fraction of sp³-hybridized carbons (Fsp3) is 0.316. The van der Waals surface area contributed by atoms with Crippen LogP contribution < -0.4 is 14.4 Å². The molecule has 0 radical (unpaired) electrons. The number of carbonyl (C=O) groups excluding carboxylic acids is 1. The first kappa shape index (κ1) is 17.5. The van der Waals surface area contributed by atoms with Crippen LogP contribution >= 0.6 is 0 Å². The van der Waals surface area contributed by atoms with Gasteiger partial charge in [0.05, 0.1) is 25.3 Å². The molecule has 0 aliphatic carbocycles. The number of rotatable bonds is 4. The van der Waals surface area contributed by atoms with Gasteiger partial charge in [0.2, 0.25) is 0 Å². The predicted molar refractivity (Wildman–Crippen MR) is 96.6 cm³/mol. The van der Waals surface area contributed by atoms with E-state index >= 15 is 0 Å². The zero-order chi connectivity index (χ0) is 18.5. The number of pyridine rings is 1. The van der Waals surface area contributed by atoms with Gasteiger partial charge in [0.25, 0.3) is 5.91 Å². The summed E-state index contributed by atoms with van der Waals surface area (Å²) in [6.45, 7) is 2.55. The molecule has 1 aromatic carbocycles.